The van der Waals surface area contributed by atoms with Crippen LogP contribution in [-0.4, -0.2) is 11.2 Å². The molecule has 2 aromatic rings. The standard InChI is InChI=1S/C13H15FN2O/c1-10(15-9-13-6-7-16-17-13)8-11-2-4-12(14)5-3-11/h2-7,10,15H,8-9H2,1H3. The molecule has 3 nitrogen and oxygen atoms in total. The monoisotopic (exact) mass is 234 g/mol. The van der Waals surface area contributed by atoms with Gasteiger partial charge in [-0.15, -0.1) is 0 Å². The molecule has 1 heterocycles. The van der Waals surface area contributed by atoms with Gasteiger partial charge in [-0.1, -0.05) is 17.3 Å². The fraction of sp³-hybridized carbons (Fsp3) is 0.308. The summed E-state index contributed by atoms with van der Waals surface area (Å²) in [7, 11) is 0. The van der Waals surface area contributed by atoms with Crippen LogP contribution in [0.15, 0.2) is 41.1 Å². The van der Waals surface area contributed by atoms with Crippen LogP contribution in [0.4, 0.5) is 4.39 Å². The van der Waals surface area contributed by atoms with Gasteiger partial charge in [-0.05, 0) is 31.0 Å². The van der Waals surface area contributed by atoms with Gasteiger partial charge in [0, 0.05) is 12.1 Å². The number of hydrogen-bond donors (Lipinski definition) is 1. The number of aromatic nitrogens is 1. The van der Waals surface area contributed by atoms with E-state index in [4.69, 9.17) is 4.52 Å². The third-order valence-electron chi connectivity index (χ3n) is 2.57. The Kier molecular flexibility index (Phi) is 3.88. The lowest BCUT2D eigenvalue weighted by Crippen LogP contribution is -2.27. The minimum atomic E-state index is -0.198. The molecule has 2 rings (SSSR count). The lowest BCUT2D eigenvalue weighted by Gasteiger charge is -2.12. The highest BCUT2D eigenvalue weighted by atomic mass is 19.1. The van der Waals surface area contributed by atoms with Gasteiger partial charge < -0.3 is 9.84 Å². The SMILES string of the molecule is CC(Cc1ccc(F)cc1)NCc1ccno1. The normalized spacial score (nSPS) is 12.6. The summed E-state index contributed by atoms with van der Waals surface area (Å²) in [5.74, 6) is 0.618. The molecular weight excluding hydrogens is 219 g/mol. The zero-order chi connectivity index (χ0) is 12.1. The highest BCUT2D eigenvalue weighted by Crippen LogP contribution is 2.06. The molecule has 90 valence electrons. The molecule has 17 heavy (non-hydrogen) atoms. The van der Waals surface area contributed by atoms with E-state index in [0.717, 1.165) is 17.7 Å². The van der Waals surface area contributed by atoms with E-state index in [2.05, 4.69) is 17.4 Å². The van der Waals surface area contributed by atoms with Crippen LogP contribution in [0.1, 0.15) is 18.2 Å². The van der Waals surface area contributed by atoms with Crippen molar-refractivity contribution in [2.24, 2.45) is 0 Å². The van der Waals surface area contributed by atoms with E-state index < -0.39 is 0 Å². The number of halogens is 1. The van der Waals surface area contributed by atoms with Gasteiger partial charge >= 0.3 is 0 Å². The molecule has 0 amide bonds. The number of benzene rings is 1. The summed E-state index contributed by atoms with van der Waals surface area (Å²) in [5, 5.41) is 6.96. The van der Waals surface area contributed by atoms with Crippen LogP contribution in [0.2, 0.25) is 0 Å². The first-order valence-corrected chi connectivity index (χ1v) is 5.61. The van der Waals surface area contributed by atoms with Gasteiger partial charge in [-0.3, -0.25) is 0 Å². The average Bonchev–Trinajstić information content (AvgIpc) is 2.83. The van der Waals surface area contributed by atoms with Crippen LogP contribution in [0.25, 0.3) is 0 Å². The van der Waals surface area contributed by atoms with Crippen molar-refractivity contribution in [1.29, 1.82) is 0 Å². The zero-order valence-corrected chi connectivity index (χ0v) is 9.69. The van der Waals surface area contributed by atoms with Crippen LogP contribution in [0.5, 0.6) is 0 Å². The van der Waals surface area contributed by atoms with Crippen molar-refractivity contribution in [3.8, 4) is 0 Å². The molecule has 0 saturated heterocycles. The number of rotatable bonds is 5. The van der Waals surface area contributed by atoms with Gasteiger partial charge in [0.1, 0.15) is 11.6 Å². The summed E-state index contributed by atoms with van der Waals surface area (Å²) in [6.07, 6.45) is 2.48. The molecule has 0 spiro atoms. The molecule has 0 aliphatic heterocycles. The molecule has 0 aliphatic rings. The Morgan fingerprint density at radius 2 is 2.06 bits per heavy atom. The van der Waals surface area contributed by atoms with Crippen LogP contribution in [-0.2, 0) is 13.0 Å². The Balaban J connectivity index is 1.80. The third-order valence-corrected chi connectivity index (χ3v) is 2.57. The Bertz CT molecular complexity index is 439. The second kappa shape index (κ2) is 5.59. The minimum Gasteiger partial charge on any atom is -0.360 e. The van der Waals surface area contributed by atoms with Gasteiger partial charge in [-0.25, -0.2) is 4.39 Å². The molecule has 0 aliphatic carbocycles. The van der Waals surface area contributed by atoms with Crippen molar-refractivity contribution in [3.63, 3.8) is 0 Å². The predicted molar refractivity (Wildman–Crippen MR) is 62.9 cm³/mol. The Morgan fingerprint density at radius 1 is 1.29 bits per heavy atom. The molecule has 0 saturated carbocycles. The lowest BCUT2D eigenvalue weighted by molar-refractivity contribution is 0.364. The Labute approximate surface area is 99.6 Å². The van der Waals surface area contributed by atoms with E-state index in [9.17, 15) is 4.39 Å². The van der Waals surface area contributed by atoms with E-state index in [1.165, 1.54) is 12.1 Å². The van der Waals surface area contributed by atoms with Gasteiger partial charge in [0.15, 0.2) is 0 Å². The zero-order valence-electron chi connectivity index (χ0n) is 9.69. The molecule has 0 bridgehead atoms. The maximum atomic E-state index is 12.7. The van der Waals surface area contributed by atoms with E-state index in [1.54, 1.807) is 6.20 Å². The van der Waals surface area contributed by atoms with Crippen LogP contribution >= 0.6 is 0 Å². The first-order valence-electron chi connectivity index (χ1n) is 5.61. The van der Waals surface area contributed by atoms with Crippen LogP contribution < -0.4 is 5.32 Å². The van der Waals surface area contributed by atoms with E-state index in [1.807, 2.05) is 18.2 Å². The Morgan fingerprint density at radius 3 is 2.71 bits per heavy atom. The summed E-state index contributed by atoms with van der Waals surface area (Å²) in [6.45, 7) is 2.74. The largest absolute Gasteiger partial charge is 0.360 e. The fourth-order valence-corrected chi connectivity index (χ4v) is 1.65. The molecule has 1 aromatic heterocycles. The van der Waals surface area contributed by atoms with Crippen molar-refractivity contribution in [2.75, 3.05) is 0 Å². The van der Waals surface area contributed by atoms with E-state index in [0.29, 0.717) is 12.6 Å². The average molecular weight is 234 g/mol. The van der Waals surface area contributed by atoms with Crippen LogP contribution in [0.3, 0.4) is 0 Å². The smallest absolute Gasteiger partial charge is 0.150 e. The number of nitrogens with zero attached hydrogens (tertiary/aromatic N) is 1. The summed E-state index contributed by atoms with van der Waals surface area (Å²) in [4.78, 5) is 0. The first kappa shape index (κ1) is 11.8. The van der Waals surface area contributed by atoms with Crippen molar-refractivity contribution in [1.82, 2.24) is 10.5 Å². The lowest BCUT2D eigenvalue weighted by atomic mass is 10.1. The summed E-state index contributed by atoms with van der Waals surface area (Å²) < 4.78 is 17.7. The molecule has 1 N–H and O–H groups in total. The molecule has 0 radical (unpaired) electrons. The van der Waals surface area contributed by atoms with Gasteiger partial charge in [0.05, 0.1) is 12.7 Å². The number of nitrogens with one attached hydrogen (secondary N) is 1. The minimum absolute atomic E-state index is 0.198. The van der Waals surface area contributed by atoms with Gasteiger partial charge in [-0.2, -0.15) is 0 Å². The molecule has 1 atom stereocenters. The molecule has 4 heteroatoms. The summed E-state index contributed by atoms with van der Waals surface area (Å²) in [5.41, 5.74) is 1.11. The van der Waals surface area contributed by atoms with Gasteiger partial charge in [0.25, 0.3) is 0 Å². The molecule has 1 unspecified atom stereocenters. The maximum Gasteiger partial charge on any atom is 0.150 e. The van der Waals surface area contributed by atoms with Crippen LogP contribution in [0, 0.1) is 5.82 Å². The third kappa shape index (κ3) is 3.67. The van der Waals surface area contributed by atoms with E-state index >= 15 is 0 Å². The molecule has 1 aromatic carbocycles. The second-order valence-corrected chi connectivity index (χ2v) is 4.09. The topological polar surface area (TPSA) is 38.1 Å². The van der Waals surface area contributed by atoms with Crippen molar-refractivity contribution in [3.05, 3.63) is 53.7 Å². The van der Waals surface area contributed by atoms with Crippen molar-refractivity contribution in [2.45, 2.75) is 25.9 Å². The number of hydrogen-bond acceptors (Lipinski definition) is 3. The van der Waals surface area contributed by atoms with E-state index in [-0.39, 0.29) is 5.82 Å². The highest BCUT2D eigenvalue weighted by molar-refractivity contribution is 5.17. The summed E-state index contributed by atoms with van der Waals surface area (Å²) in [6, 6.07) is 8.71. The molecular formula is C13H15FN2O. The first-order chi connectivity index (χ1) is 8.24. The maximum absolute atomic E-state index is 12.7. The Hall–Kier alpha value is -1.68. The summed E-state index contributed by atoms with van der Waals surface area (Å²) >= 11 is 0. The molecule has 0 fully saturated rings. The van der Waals surface area contributed by atoms with Crippen molar-refractivity contribution >= 4 is 0 Å². The highest BCUT2D eigenvalue weighted by Gasteiger charge is 2.04. The second-order valence-electron chi connectivity index (χ2n) is 4.09. The quantitative estimate of drug-likeness (QED) is 0.864. The van der Waals surface area contributed by atoms with Crippen molar-refractivity contribution < 1.29 is 8.91 Å². The fourth-order valence-electron chi connectivity index (χ4n) is 1.65. The van der Waals surface area contributed by atoms with Gasteiger partial charge in [0.2, 0.25) is 0 Å². The predicted octanol–water partition coefficient (Wildman–Crippen LogP) is 2.53.